The van der Waals surface area contributed by atoms with Crippen LogP contribution >= 0.6 is 0 Å². The number of hydrogen-bond donors (Lipinski definition) is 0. The molecule has 0 saturated heterocycles. The average Bonchev–Trinajstić information content (AvgIpc) is 2.21. The lowest BCUT2D eigenvalue weighted by molar-refractivity contribution is -0.296. The van der Waals surface area contributed by atoms with Crippen LogP contribution in [0, 0.1) is 0 Å². The van der Waals surface area contributed by atoms with Gasteiger partial charge in [-0.1, -0.05) is 0 Å². The largest absolute Gasteiger partial charge is 0.462 e. The van der Waals surface area contributed by atoms with E-state index in [2.05, 4.69) is 4.74 Å². The molecule has 0 aliphatic carbocycles. The predicted octanol–water partition coefficient (Wildman–Crippen LogP) is 4.51. The van der Waals surface area contributed by atoms with Crippen molar-refractivity contribution in [1.82, 2.24) is 0 Å². The minimum absolute atomic E-state index is 2.66. The van der Waals surface area contributed by atoms with Crippen LogP contribution < -0.4 is 0 Å². The lowest BCUT2D eigenvalue weighted by atomic mass is 10.3. The molecular formula is C7H2F12O. The summed E-state index contributed by atoms with van der Waals surface area (Å²) in [5.41, 5.74) is 0. The molecule has 1 nitrogen and oxygen atoms in total. The molecule has 0 radical (unpaired) electrons. The molecule has 13 heteroatoms. The SMILES string of the molecule is FC(OCC(F)(F)C(F)(F)F)=C(F)C(F)(F)C(F)(F)F. The number of halogens is 12. The molecule has 20 heavy (non-hydrogen) atoms. The third-order valence-corrected chi connectivity index (χ3v) is 1.60. The van der Waals surface area contributed by atoms with E-state index in [1.54, 1.807) is 0 Å². The van der Waals surface area contributed by atoms with Crippen molar-refractivity contribution in [2.75, 3.05) is 6.61 Å². The summed E-state index contributed by atoms with van der Waals surface area (Å²) in [5.74, 6) is -16.2. The van der Waals surface area contributed by atoms with Gasteiger partial charge in [-0.3, -0.25) is 0 Å². The van der Waals surface area contributed by atoms with E-state index in [1.807, 2.05) is 0 Å². The van der Waals surface area contributed by atoms with Gasteiger partial charge in [0.15, 0.2) is 6.61 Å². The molecular weight excluding hydrogens is 328 g/mol. The van der Waals surface area contributed by atoms with Gasteiger partial charge in [-0.25, -0.2) is 0 Å². The molecule has 0 spiro atoms. The fourth-order valence-electron chi connectivity index (χ4n) is 0.547. The first-order valence-corrected chi connectivity index (χ1v) is 4.11. The zero-order chi connectivity index (χ0) is 16.6. The summed E-state index contributed by atoms with van der Waals surface area (Å²) in [4.78, 5) is 0. The van der Waals surface area contributed by atoms with Gasteiger partial charge in [0.1, 0.15) is 0 Å². The standard InChI is InChI=1S/C7H2F12O/c8-2(5(12,13)7(17,18)19)3(9)20-1-4(10,11)6(14,15)16/h1H2. The Bertz CT molecular complexity index is 374. The van der Waals surface area contributed by atoms with Crippen LogP contribution in [0.5, 0.6) is 0 Å². The lowest BCUT2D eigenvalue weighted by Crippen LogP contribution is -2.41. The first-order chi connectivity index (χ1) is 8.54. The first-order valence-electron chi connectivity index (χ1n) is 4.11. The van der Waals surface area contributed by atoms with E-state index >= 15 is 0 Å². The highest BCUT2D eigenvalue weighted by atomic mass is 19.4. The maximum absolute atomic E-state index is 12.3. The monoisotopic (exact) mass is 330 g/mol. The summed E-state index contributed by atoms with van der Waals surface area (Å²) in [5, 5.41) is 0. The second-order valence-electron chi connectivity index (χ2n) is 3.15. The van der Waals surface area contributed by atoms with Gasteiger partial charge in [0.2, 0.25) is 0 Å². The third kappa shape index (κ3) is 3.85. The van der Waals surface area contributed by atoms with Crippen molar-refractivity contribution < 1.29 is 57.4 Å². The van der Waals surface area contributed by atoms with E-state index in [-0.39, 0.29) is 0 Å². The Balaban J connectivity index is 5.11. The topological polar surface area (TPSA) is 9.23 Å². The number of ether oxygens (including phenoxy) is 1. The van der Waals surface area contributed by atoms with Crippen molar-refractivity contribution in [3.05, 3.63) is 11.8 Å². The average molecular weight is 330 g/mol. The lowest BCUT2D eigenvalue weighted by Gasteiger charge is -2.20. The first kappa shape index (κ1) is 18.7. The van der Waals surface area contributed by atoms with Crippen molar-refractivity contribution in [3.63, 3.8) is 0 Å². The molecule has 0 heterocycles. The Labute approximate surface area is 101 Å². The van der Waals surface area contributed by atoms with Gasteiger partial charge in [-0.05, 0) is 0 Å². The summed E-state index contributed by atoms with van der Waals surface area (Å²) in [6, 6.07) is -3.53. The van der Waals surface area contributed by atoms with Crippen LogP contribution in [0.3, 0.4) is 0 Å². The quantitative estimate of drug-likeness (QED) is 0.545. The molecule has 120 valence electrons. The van der Waals surface area contributed by atoms with Crippen LogP contribution in [0.15, 0.2) is 11.8 Å². The van der Waals surface area contributed by atoms with Gasteiger partial charge in [0, 0.05) is 0 Å². The van der Waals surface area contributed by atoms with Crippen LogP contribution in [0.25, 0.3) is 0 Å². The summed E-state index contributed by atoms with van der Waals surface area (Å²) in [7, 11) is 0. The highest BCUT2D eigenvalue weighted by Gasteiger charge is 2.63. The van der Waals surface area contributed by atoms with Gasteiger partial charge < -0.3 is 4.74 Å². The fraction of sp³-hybridized carbons (Fsp3) is 0.714. The number of alkyl halides is 10. The van der Waals surface area contributed by atoms with Gasteiger partial charge in [-0.15, -0.1) is 0 Å². The predicted molar refractivity (Wildman–Crippen MR) is 37.2 cm³/mol. The second kappa shape index (κ2) is 5.24. The molecule has 0 aromatic rings. The van der Waals surface area contributed by atoms with Crippen LogP contribution in [0.1, 0.15) is 0 Å². The molecule has 0 unspecified atom stereocenters. The smallest absolute Gasteiger partial charge is 0.460 e. The zero-order valence-corrected chi connectivity index (χ0v) is 8.65. The molecule has 0 saturated carbocycles. The van der Waals surface area contributed by atoms with E-state index in [9.17, 15) is 52.7 Å². The van der Waals surface area contributed by atoms with Crippen LogP contribution in [-0.4, -0.2) is 30.8 Å². The molecule has 0 rings (SSSR count). The molecule has 0 aromatic heterocycles. The molecule has 0 aliphatic rings. The fourth-order valence-corrected chi connectivity index (χ4v) is 0.547. The van der Waals surface area contributed by atoms with Gasteiger partial charge in [0.25, 0.3) is 5.83 Å². The summed E-state index contributed by atoms with van der Waals surface area (Å²) in [6.07, 6.45) is -12.9. The summed E-state index contributed by atoms with van der Waals surface area (Å²) >= 11 is 0. The van der Waals surface area contributed by atoms with Crippen molar-refractivity contribution in [3.8, 4) is 0 Å². The Morgan fingerprint density at radius 2 is 1.10 bits per heavy atom. The normalized spacial score (nSPS) is 16.0. The highest BCUT2D eigenvalue weighted by Crippen LogP contribution is 2.43. The Morgan fingerprint density at radius 1 is 0.700 bits per heavy atom. The summed E-state index contributed by atoms with van der Waals surface area (Å²) in [6.45, 7) is -3.01. The Morgan fingerprint density at radius 3 is 1.40 bits per heavy atom. The molecule has 0 bridgehead atoms. The van der Waals surface area contributed by atoms with Gasteiger partial charge in [-0.2, -0.15) is 52.7 Å². The minimum atomic E-state index is -6.63. The van der Waals surface area contributed by atoms with Crippen molar-refractivity contribution in [2.45, 2.75) is 24.2 Å². The number of allylic oxidation sites excluding steroid dienone is 1. The maximum Gasteiger partial charge on any atom is 0.460 e. The van der Waals surface area contributed by atoms with E-state index < -0.39 is 42.6 Å². The maximum atomic E-state index is 12.3. The molecule has 0 N–H and O–H groups in total. The van der Waals surface area contributed by atoms with Crippen molar-refractivity contribution >= 4 is 0 Å². The van der Waals surface area contributed by atoms with Gasteiger partial charge >= 0.3 is 30.2 Å². The van der Waals surface area contributed by atoms with Gasteiger partial charge in [0.05, 0.1) is 0 Å². The zero-order valence-electron chi connectivity index (χ0n) is 8.65. The molecule has 0 aromatic carbocycles. The Hall–Kier alpha value is -1.30. The molecule has 0 atom stereocenters. The van der Waals surface area contributed by atoms with E-state index in [4.69, 9.17) is 0 Å². The third-order valence-electron chi connectivity index (χ3n) is 1.60. The molecule has 0 aliphatic heterocycles. The number of rotatable bonds is 4. The van der Waals surface area contributed by atoms with Crippen molar-refractivity contribution in [1.29, 1.82) is 0 Å². The minimum Gasteiger partial charge on any atom is -0.462 e. The van der Waals surface area contributed by atoms with Crippen LogP contribution in [-0.2, 0) is 4.74 Å². The van der Waals surface area contributed by atoms with Crippen LogP contribution in [0.2, 0.25) is 0 Å². The Kier molecular flexibility index (Phi) is 4.90. The number of hydrogen-bond acceptors (Lipinski definition) is 1. The van der Waals surface area contributed by atoms with E-state index in [0.717, 1.165) is 0 Å². The van der Waals surface area contributed by atoms with Crippen LogP contribution in [0.4, 0.5) is 52.7 Å². The highest BCUT2D eigenvalue weighted by molar-refractivity contribution is 5.09. The second-order valence-corrected chi connectivity index (χ2v) is 3.15. The van der Waals surface area contributed by atoms with E-state index in [1.165, 1.54) is 0 Å². The van der Waals surface area contributed by atoms with E-state index in [0.29, 0.717) is 0 Å². The molecule has 0 amide bonds. The van der Waals surface area contributed by atoms with Crippen molar-refractivity contribution in [2.24, 2.45) is 0 Å². The molecule has 0 fully saturated rings. The summed E-state index contributed by atoms with van der Waals surface area (Å²) < 4.78 is 145.